The van der Waals surface area contributed by atoms with E-state index in [9.17, 15) is 14.0 Å². The van der Waals surface area contributed by atoms with E-state index in [4.69, 9.17) is 23.2 Å². The normalized spacial score (nSPS) is 14.9. The van der Waals surface area contributed by atoms with Crippen LogP contribution in [0, 0.1) is 5.82 Å². The number of pyridine rings is 1. The summed E-state index contributed by atoms with van der Waals surface area (Å²) in [4.78, 5) is 32.4. The lowest BCUT2D eigenvalue weighted by atomic mass is 10.2. The van der Waals surface area contributed by atoms with Crippen LogP contribution in [-0.4, -0.2) is 52.8 Å². The number of aromatic nitrogens is 1. The van der Waals surface area contributed by atoms with Gasteiger partial charge in [-0.3, -0.25) is 9.59 Å². The van der Waals surface area contributed by atoms with Gasteiger partial charge in [-0.05, 0) is 30.7 Å². The molecule has 0 bridgehead atoms. The maximum absolute atomic E-state index is 13.9. The highest BCUT2D eigenvalue weighted by Crippen LogP contribution is 2.20. The van der Waals surface area contributed by atoms with E-state index in [0.29, 0.717) is 32.6 Å². The van der Waals surface area contributed by atoms with Gasteiger partial charge >= 0.3 is 0 Å². The van der Waals surface area contributed by atoms with E-state index >= 15 is 0 Å². The van der Waals surface area contributed by atoms with Crippen LogP contribution in [0.1, 0.15) is 27.3 Å². The predicted octanol–water partition coefficient (Wildman–Crippen LogP) is 3.52. The number of rotatable bonds is 2. The van der Waals surface area contributed by atoms with E-state index in [1.165, 1.54) is 30.3 Å². The Bertz CT molecular complexity index is 847. The Balaban J connectivity index is 1.72. The summed E-state index contributed by atoms with van der Waals surface area (Å²) < 4.78 is 13.9. The summed E-state index contributed by atoms with van der Waals surface area (Å²) in [7, 11) is 0. The number of carbonyl (C=O) groups is 2. The summed E-state index contributed by atoms with van der Waals surface area (Å²) in [5, 5.41) is 0.409. The van der Waals surface area contributed by atoms with Crippen molar-refractivity contribution in [1.29, 1.82) is 0 Å². The van der Waals surface area contributed by atoms with Crippen LogP contribution in [0.4, 0.5) is 4.39 Å². The lowest BCUT2D eigenvalue weighted by Gasteiger charge is -2.22. The smallest absolute Gasteiger partial charge is 0.274 e. The van der Waals surface area contributed by atoms with Crippen LogP contribution in [-0.2, 0) is 0 Å². The minimum absolute atomic E-state index is 0.0341. The van der Waals surface area contributed by atoms with Gasteiger partial charge in [0.15, 0.2) is 0 Å². The molecular formula is C18H16Cl2FN3O2. The van der Waals surface area contributed by atoms with E-state index in [-0.39, 0.29) is 33.2 Å². The van der Waals surface area contributed by atoms with Crippen molar-refractivity contribution in [1.82, 2.24) is 14.8 Å². The largest absolute Gasteiger partial charge is 0.337 e. The fraction of sp³-hybridized carbons (Fsp3) is 0.278. The molecule has 0 unspecified atom stereocenters. The third kappa shape index (κ3) is 3.97. The Hall–Kier alpha value is -2.18. The number of carbonyl (C=O) groups excluding carboxylic acids is 2. The van der Waals surface area contributed by atoms with Crippen LogP contribution < -0.4 is 0 Å². The zero-order chi connectivity index (χ0) is 18.7. The molecule has 26 heavy (non-hydrogen) atoms. The standard InChI is InChI=1S/C18H16Cl2FN3O2/c19-13-6-7-15(20)22-16(13)18(26)24-9-3-8-23(10-11-24)17(25)12-4-1-2-5-14(12)21/h1-2,4-7H,3,8-11H2. The first kappa shape index (κ1) is 18.6. The Kier molecular flexibility index (Phi) is 5.74. The number of hydrogen-bond acceptors (Lipinski definition) is 3. The maximum Gasteiger partial charge on any atom is 0.274 e. The van der Waals surface area contributed by atoms with Gasteiger partial charge in [0.2, 0.25) is 0 Å². The van der Waals surface area contributed by atoms with Crippen molar-refractivity contribution in [2.75, 3.05) is 26.2 Å². The summed E-state index contributed by atoms with van der Waals surface area (Å²) in [5.74, 6) is -1.27. The monoisotopic (exact) mass is 395 g/mol. The lowest BCUT2D eigenvalue weighted by Crippen LogP contribution is -2.38. The number of hydrogen-bond donors (Lipinski definition) is 0. The van der Waals surface area contributed by atoms with Crippen molar-refractivity contribution in [2.24, 2.45) is 0 Å². The van der Waals surface area contributed by atoms with E-state index in [1.54, 1.807) is 15.9 Å². The molecule has 1 aromatic heterocycles. The molecule has 1 saturated heterocycles. The lowest BCUT2D eigenvalue weighted by molar-refractivity contribution is 0.0713. The molecule has 0 N–H and O–H groups in total. The fourth-order valence-electron chi connectivity index (χ4n) is 2.85. The Morgan fingerprint density at radius 1 is 0.923 bits per heavy atom. The van der Waals surface area contributed by atoms with Crippen molar-refractivity contribution in [3.05, 3.63) is 63.6 Å². The minimum Gasteiger partial charge on any atom is -0.337 e. The topological polar surface area (TPSA) is 53.5 Å². The molecule has 2 amide bonds. The van der Waals surface area contributed by atoms with E-state index in [0.717, 1.165) is 0 Å². The number of nitrogens with zero attached hydrogens (tertiary/aromatic N) is 3. The SMILES string of the molecule is O=C(c1ccccc1F)N1CCCN(C(=O)c2nc(Cl)ccc2Cl)CC1. The molecule has 1 aromatic carbocycles. The molecule has 0 spiro atoms. The highest BCUT2D eigenvalue weighted by atomic mass is 35.5. The molecule has 0 radical (unpaired) electrons. The molecular weight excluding hydrogens is 380 g/mol. The van der Waals surface area contributed by atoms with Crippen molar-refractivity contribution in [2.45, 2.75) is 6.42 Å². The van der Waals surface area contributed by atoms with E-state index in [2.05, 4.69) is 4.98 Å². The molecule has 2 heterocycles. The number of amides is 2. The second-order valence-corrected chi connectivity index (χ2v) is 6.68. The third-order valence-corrected chi connectivity index (χ3v) is 4.70. The second-order valence-electron chi connectivity index (χ2n) is 5.88. The van der Waals surface area contributed by atoms with Gasteiger partial charge in [-0.25, -0.2) is 9.37 Å². The predicted molar refractivity (Wildman–Crippen MR) is 97.1 cm³/mol. The van der Waals surface area contributed by atoms with E-state index in [1.807, 2.05) is 0 Å². The number of halogens is 3. The van der Waals surface area contributed by atoms with Gasteiger partial charge < -0.3 is 9.80 Å². The van der Waals surface area contributed by atoms with Crippen molar-refractivity contribution < 1.29 is 14.0 Å². The maximum atomic E-state index is 13.9. The summed E-state index contributed by atoms with van der Waals surface area (Å²) in [6, 6.07) is 8.91. The fourth-order valence-corrected chi connectivity index (χ4v) is 3.18. The summed E-state index contributed by atoms with van der Waals surface area (Å²) in [6.07, 6.45) is 0.574. The Labute approximate surface area is 160 Å². The Morgan fingerprint density at radius 3 is 2.27 bits per heavy atom. The average Bonchev–Trinajstić information content (AvgIpc) is 2.89. The van der Waals surface area contributed by atoms with E-state index < -0.39 is 5.82 Å². The van der Waals surface area contributed by atoms with Crippen LogP contribution in [0.3, 0.4) is 0 Å². The zero-order valence-electron chi connectivity index (χ0n) is 13.8. The summed E-state index contributed by atoms with van der Waals surface area (Å²) in [6.45, 7) is 1.50. The molecule has 8 heteroatoms. The van der Waals surface area contributed by atoms with Crippen molar-refractivity contribution in [3.63, 3.8) is 0 Å². The minimum atomic E-state index is -0.551. The van der Waals surface area contributed by atoms with Gasteiger partial charge in [-0.1, -0.05) is 35.3 Å². The van der Waals surface area contributed by atoms with Crippen LogP contribution in [0.25, 0.3) is 0 Å². The van der Waals surface area contributed by atoms with Crippen molar-refractivity contribution in [3.8, 4) is 0 Å². The quantitative estimate of drug-likeness (QED) is 0.730. The van der Waals surface area contributed by atoms with Crippen LogP contribution in [0.5, 0.6) is 0 Å². The molecule has 0 saturated carbocycles. The second kappa shape index (κ2) is 8.01. The van der Waals surface area contributed by atoms with Crippen LogP contribution in [0.15, 0.2) is 36.4 Å². The zero-order valence-corrected chi connectivity index (χ0v) is 15.3. The molecule has 3 rings (SSSR count). The molecule has 136 valence electrons. The first-order valence-electron chi connectivity index (χ1n) is 8.12. The first-order chi connectivity index (χ1) is 12.5. The van der Waals surface area contributed by atoms with Gasteiger partial charge in [0.25, 0.3) is 11.8 Å². The third-order valence-electron chi connectivity index (χ3n) is 4.19. The van der Waals surface area contributed by atoms with Gasteiger partial charge in [-0.2, -0.15) is 0 Å². The van der Waals surface area contributed by atoms with Gasteiger partial charge in [0, 0.05) is 26.2 Å². The van der Waals surface area contributed by atoms with Gasteiger partial charge in [0.1, 0.15) is 16.7 Å². The highest BCUT2D eigenvalue weighted by Gasteiger charge is 2.26. The molecule has 0 atom stereocenters. The average molecular weight is 396 g/mol. The van der Waals surface area contributed by atoms with Crippen LogP contribution >= 0.6 is 23.2 Å². The van der Waals surface area contributed by atoms with Gasteiger partial charge in [-0.15, -0.1) is 0 Å². The molecule has 1 aliphatic heterocycles. The van der Waals surface area contributed by atoms with Crippen molar-refractivity contribution >= 4 is 35.0 Å². The first-order valence-corrected chi connectivity index (χ1v) is 8.88. The van der Waals surface area contributed by atoms with Gasteiger partial charge in [0.05, 0.1) is 10.6 Å². The molecule has 1 fully saturated rings. The molecule has 5 nitrogen and oxygen atoms in total. The van der Waals surface area contributed by atoms with Crippen LogP contribution in [0.2, 0.25) is 10.2 Å². The summed E-state index contributed by atoms with van der Waals surface area (Å²) in [5.41, 5.74) is 0.125. The number of benzene rings is 1. The summed E-state index contributed by atoms with van der Waals surface area (Å²) >= 11 is 11.9. The molecule has 2 aromatic rings. The molecule has 0 aliphatic carbocycles. The highest BCUT2D eigenvalue weighted by molar-refractivity contribution is 6.34. The Morgan fingerprint density at radius 2 is 1.58 bits per heavy atom. The molecule has 1 aliphatic rings.